The van der Waals surface area contributed by atoms with Gasteiger partial charge in [0, 0.05) is 17.0 Å². The third-order valence-corrected chi connectivity index (χ3v) is 7.58. The van der Waals surface area contributed by atoms with Crippen LogP contribution in [0.25, 0.3) is 0 Å². The second-order valence-electron chi connectivity index (χ2n) is 8.44. The second kappa shape index (κ2) is 12.2. The summed E-state index contributed by atoms with van der Waals surface area (Å²) in [6.45, 7) is 0. The van der Waals surface area contributed by atoms with Crippen molar-refractivity contribution in [2.24, 2.45) is 0 Å². The summed E-state index contributed by atoms with van der Waals surface area (Å²) < 4.78 is 40.5. The summed E-state index contributed by atoms with van der Waals surface area (Å²) in [5.41, 5.74) is 1.41. The average molecular weight is 557 g/mol. The Hall–Kier alpha value is -4.12. The van der Waals surface area contributed by atoms with Gasteiger partial charge in [-0.2, -0.15) is 0 Å². The monoisotopic (exact) mass is 556 g/mol. The van der Waals surface area contributed by atoms with E-state index in [0.29, 0.717) is 40.2 Å². The lowest BCUT2D eigenvalue weighted by molar-refractivity contribution is -0.119. The highest BCUT2D eigenvalue weighted by Gasteiger charge is 2.43. The smallest absolute Gasteiger partial charge is 0.256 e. The van der Waals surface area contributed by atoms with Crippen molar-refractivity contribution in [3.8, 4) is 28.7 Å². The Bertz CT molecular complexity index is 1330. The molecule has 2 unspecified atom stereocenters. The van der Waals surface area contributed by atoms with Gasteiger partial charge in [-0.15, -0.1) is 11.8 Å². The maximum Gasteiger partial charge on any atom is 0.256 e. The maximum absolute atomic E-state index is 14.1. The number of carbonyl (C=O) groups excluding carboxylic acids is 2. The summed E-state index contributed by atoms with van der Waals surface area (Å²) in [5, 5.41) is 2.27. The van der Waals surface area contributed by atoms with Gasteiger partial charge in [0.25, 0.3) is 5.91 Å². The van der Waals surface area contributed by atoms with E-state index in [1.807, 2.05) is 6.07 Å². The molecule has 11 heteroatoms. The molecule has 1 aliphatic heterocycles. The molecule has 3 aromatic rings. The van der Waals surface area contributed by atoms with Gasteiger partial charge < -0.3 is 33.9 Å². The second-order valence-corrected chi connectivity index (χ2v) is 9.55. The number of hydrogen-bond donors (Lipinski definition) is 1. The molecule has 9 nitrogen and oxygen atoms in total. The van der Waals surface area contributed by atoms with Crippen molar-refractivity contribution in [3.63, 3.8) is 0 Å². The number of rotatable bonds is 9. The lowest BCUT2D eigenvalue weighted by atomic mass is 10.1. The molecule has 39 heavy (non-hydrogen) atoms. The van der Waals surface area contributed by atoms with E-state index in [4.69, 9.17) is 23.7 Å². The molecule has 0 saturated carbocycles. The molecule has 2 amide bonds. The van der Waals surface area contributed by atoms with Crippen LogP contribution in [-0.2, 0) is 4.79 Å². The Kier molecular flexibility index (Phi) is 8.70. The van der Waals surface area contributed by atoms with Crippen molar-refractivity contribution in [2.75, 3.05) is 46.6 Å². The number of hydrogen-bond acceptors (Lipinski definition) is 8. The van der Waals surface area contributed by atoms with Gasteiger partial charge in [-0.1, -0.05) is 6.07 Å². The van der Waals surface area contributed by atoms with Gasteiger partial charge in [0.1, 0.15) is 17.2 Å². The lowest BCUT2D eigenvalue weighted by Gasteiger charge is -2.30. The van der Waals surface area contributed by atoms with Gasteiger partial charge >= 0.3 is 0 Å². The first-order valence-corrected chi connectivity index (χ1v) is 12.9. The molecule has 2 atom stereocenters. The van der Waals surface area contributed by atoms with Gasteiger partial charge in [0.05, 0.1) is 35.5 Å². The number of thioether (sulfide) groups is 1. The van der Waals surface area contributed by atoms with E-state index >= 15 is 0 Å². The van der Waals surface area contributed by atoms with Crippen LogP contribution in [0.1, 0.15) is 21.3 Å². The van der Waals surface area contributed by atoms with Crippen molar-refractivity contribution < 1.29 is 37.7 Å². The van der Waals surface area contributed by atoms with Crippen LogP contribution in [-0.4, -0.2) is 64.1 Å². The third-order valence-electron chi connectivity index (χ3n) is 6.25. The zero-order valence-electron chi connectivity index (χ0n) is 22.1. The van der Waals surface area contributed by atoms with Crippen LogP contribution in [0.2, 0.25) is 0 Å². The number of methoxy groups -OCH3 is 5. The highest BCUT2D eigenvalue weighted by Crippen LogP contribution is 2.46. The highest BCUT2D eigenvalue weighted by atomic mass is 32.2. The molecule has 1 aliphatic rings. The van der Waals surface area contributed by atoms with E-state index in [-0.39, 0.29) is 5.56 Å². The first-order chi connectivity index (χ1) is 18.8. The molecule has 0 bridgehead atoms. The quantitative estimate of drug-likeness (QED) is 0.403. The van der Waals surface area contributed by atoms with Crippen molar-refractivity contribution in [3.05, 3.63) is 71.5 Å². The minimum Gasteiger partial charge on any atom is -0.493 e. The van der Waals surface area contributed by atoms with Crippen LogP contribution in [0.4, 0.5) is 10.1 Å². The molecule has 4 rings (SSSR count). The fourth-order valence-corrected chi connectivity index (χ4v) is 5.75. The van der Waals surface area contributed by atoms with Gasteiger partial charge in [-0.3, -0.25) is 9.59 Å². The Labute approximate surface area is 230 Å². The lowest BCUT2D eigenvalue weighted by Crippen LogP contribution is -2.45. The van der Waals surface area contributed by atoms with E-state index in [9.17, 15) is 14.0 Å². The Morgan fingerprint density at radius 1 is 0.821 bits per heavy atom. The summed E-state index contributed by atoms with van der Waals surface area (Å²) in [6.07, 6.45) is 0. The van der Waals surface area contributed by atoms with E-state index in [0.717, 1.165) is 5.56 Å². The van der Waals surface area contributed by atoms with Gasteiger partial charge in [0.15, 0.2) is 23.0 Å². The fourth-order valence-electron chi connectivity index (χ4n) is 4.33. The Morgan fingerprint density at radius 2 is 1.44 bits per heavy atom. The standard InChI is InChI=1S/C28H29FN2O7S/c1-34-21-11-6-16(12-22(21)35-2)28-31(20(15-39-28)26(32)30-19-9-7-18(29)8-10-19)27(33)17-13-23(36-3)25(38-5)24(14-17)37-4/h6-14,20,28H,15H2,1-5H3,(H,30,32). The average Bonchev–Trinajstić information content (AvgIpc) is 3.42. The summed E-state index contributed by atoms with van der Waals surface area (Å²) in [4.78, 5) is 29.1. The molecule has 3 aromatic carbocycles. The van der Waals surface area contributed by atoms with Crippen molar-refractivity contribution in [2.45, 2.75) is 11.4 Å². The molecule has 0 radical (unpaired) electrons. The third kappa shape index (κ3) is 5.68. The number of carbonyl (C=O) groups is 2. The molecule has 1 heterocycles. The van der Waals surface area contributed by atoms with E-state index in [1.165, 1.54) is 76.5 Å². The Balaban J connectivity index is 1.76. The van der Waals surface area contributed by atoms with Gasteiger partial charge in [-0.25, -0.2) is 4.39 Å². The predicted octanol–water partition coefficient (Wildman–Crippen LogP) is 4.76. The van der Waals surface area contributed by atoms with Crippen LogP contribution in [0.5, 0.6) is 28.7 Å². The van der Waals surface area contributed by atoms with Gasteiger partial charge in [0.2, 0.25) is 11.7 Å². The SMILES string of the molecule is COc1ccc(C2SCC(C(=O)Nc3ccc(F)cc3)N2C(=O)c2cc(OC)c(OC)c(OC)c2)cc1OC. The van der Waals surface area contributed by atoms with Crippen molar-refractivity contribution >= 4 is 29.3 Å². The van der Waals surface area contributed by atoms with Crippen LogP contribution in [0.3, 0.4) is 0 Å². The molecular formula is C28H29FN2O7S. The maximum atomic E-state index is 14.1. The van der Waals surface area contributed by atoms with Crippen molar-refractivity contribution in [1.29, 1.82) is 0 Å². The molecule has 0 aliphatic carbocycles. The summed E-state index contributed by atoms with van der Waals surface area (Å²) in [5.74, 6) is 1.07. The first-order valence-electron chi connectivity index (χ1n) is 11.9. The number of halogens is 1. The number of anilines is 1. The van der Waals surface area contributed by atoms with E-state index in [2.05, 4.69) is 5.32 Å². The van der Waals surface area contributed by atoms with Crippen molar-refractivity contribution in [1.82, 2.24) is 4.90 Å². The molecule has 1 N–H and O–H groups in total. The summed E-state index contributed by atoms with van der Waals surface area (Å²) in [7, 11) is 7.46. The van der Waals surface area contributed by atoms with Gasteiger partial charge in [-0.05, 0) is 54.1 Å². The zero-order chi connectivity index (χ0) is 28.1. The number of nitrogens with one attached hydrogen (secondary N) is 1. The Morgan fingerprint density at radius 3 is 2.00 bits per heavy atom. The number of nitrogens with zero attached hydrogens (tertiary/aromatic N) is 1. The minimum atomic E-state index is -0.843. The van der Waals surface area contributed by atoms with Crippen LogP contribution >= 0.6 is 11.8 Å². The minimum absolute atomic E-state index is 0.247. The van der Waals surface area contributed by atoms with E-state index < -0.39 is 29.0 Å². The number of amides is 2. The summed E-state index contributed by atoms with van der Waals surface area (Å²) in [6, 6.07) is 13.1. The molecule has 206 valence electrons. The topological polar surface area (TPSA) is 95.6 Å². The van der Waals surface area contributed by atoms with Crippen LogP contribution in [0.15, 0.2) is 54.6 Å². The number of benzene rings is 3. The number of ether oxygens (including phenoxy) is 5. The molecular weight excluding hydrogens is 527 g/mol. The van der Waals surface area contributed by atoms with Crippen LogP contribution < -0.4 is 29.0 Å². The summed E-state index contributed by atoms with van der Waals surface area (Å²) >= 11 is 1.44. The van der Waals surface area contributed by atoms with Crippen LogP contribution in [0, 0.1) is 5.82 Å². The molecule has 1 saturated heterocycles. The largest absolute Gasteiger partial charge is 0.493 e. The zero-order valence-corrected chi connectivity index (χ0v) is 23.0. The molecule has 0 spiro atoms. The molecule has 0 aromatic heterocycles. The highest BCUT2D eigenvalue weighted by molar-refractivity contribution is 7.99. The predicted molar refractivity (Wildman–Crippen MR) is 146 cm³/mol. The van der Waals surface area contributed by atoms with E-state index in [1.54, 1.807) is 24.3 Å². The molecule has 1 fully saturated rings. The first kappa shape index (κ1) is 27.9. The fraction of sp³-hybridized carbons (Fsp3) is 0.286. The normalized spacial score (nSPS) is 16.4.